The number of benzene rings is 1. The zero-order valence-electron chi connectivity index (χ0n) is 16.3. The third-order valence-corrected chi connectivity index (χ3v) is 7.03. The monoisotopic (exact) mass is 439 g/mol. The number of ether oxygens (including phenoxy) is 1. The molecular weight excluding hydrogens is 418 g/mol. The first-order chi connectivity index (χ1) is 14.7. The molecule has 8 heteroatoms. The van der Waals surface area contributed by atoms with E-state index < -0.39 is 6.10 Å². The van der Waals surface area contributed by atoms with Crippen LogP contribution in [0.25, 0.3) is 10.6 Å². The van der Waals surface area contributed by atoms with Crippen LogP contribution in [0.2, 0.25) is 0 Å². The molecule has 0 bridgehead atoms. The predicted molar refractivity (Wildman–Crippen MR) is 118 cm³/mol. The molecule has 1 atom stereocenters. The second-order valence-corrected chi connectivity index (χ2v) is 9.06. The second kappa shape index (κ2) is 8.20. The highest BCUT2D eigenvalue weighted by atomic mass is 32.1. The molecule has 30 heavy (non-hydrogen) atoms. The molecule has 6 nitrogen and oxygen atoms in total. The van der Waals surface area contributed by atoms with E-state index in [9.17, 15) is 9.59 Å². The minimum absolute atomic E-state index is 0.0424. The van der Waals surface area contributed by atoms with Crippen molar-refractivity contribution in [3.05, 3.63) is 52.2 Å². The molecule has 1 aromatic carbocycles. The molecule has 2 aliphatic heterocycles. The highest BCUT2D eigenvalue weighted by Crippen LogP contribution is 2.35. The van der Waals surface area contributed by atoms with Gasteiger partial charge in [0.15, 0.2) is 6.10 Å². The Morgan fingerprint density at radius 1 is 1.07 bits per heavy atom. The fourth-order valence-corrected chi connectivity index (χ4v) is 5.41. The van der Waals surface area contributed by atoms with E-state index in [1.807, 2.05) is 46.0 Å². The summed E-state index contributed by atoms with van der Waals surface area (Å²) in [5.41, 5.74) is 2.09. The number of carbonyl (C=O) groups excluding carboxylic acids is 2. The van der Waals surface area contributed by atoms with Gasteiger partial charge in [0, 0.05) is 29.4 Å². The van der Waals surface area contributed by atoms with Crippen molar-refractivity contribution in [1.29, 1.82) is 0 Å². The first-order valence-electron chi connectivity index (χ1n) is 10.0. The van der Waals surface area contributed by atoms with E-state index in [1.54, 1.807) is 21.6 Å². The lowest BCUT2D eigenvalue weighted by Crippen LogP contribution is -2.52. The first kappa shape index (κ1) is 19.3. The lowest BCUT2D eigenvalue weighted by Gasteiger charge is -2.37. The lowest BCUT2D eigenvalue weighted by atomic mass is 10.1. The lowest BCUT2D eigenvalue weighted by molar-refractivity contribution is -0.139. The number of carbonyl (C=O) groups is 2. The summed E-state index contributed by atoms with van der Waals surface area (Å²) in [6, 6.07) is 9.37. The van der Waals surface area contributed by atoms with Gasteiger partial charge in [-0.05, 0) is 42.8 Å². The summed E-state index contributed by atoms with van der Waals surface area (Å²) in [6.07, 6.45) is 2.49. The number of rotatable bonds is 3. The normalized spacial score (nSPS) is 18.6. The Kier molecular flexibility index (Phi) is 5.26. The van der Waals surface area contributed by atoms with Crippen LogP contribution < -0.4 is 9.64 Å². The van der Waals surface area contributed by atoms with Crippen molar-refractivity contribution in [3.8, 4) is 16.3 Å². The number of hydrogen-bond donors (Lipinski definition) is 0. The van der Waals surface area contributed by atoms with Crippen molar-refractivity contribution >= 4 is 40.2 Å². The minimum atomic E-state index is -0.697. The van der Waals surface area contributed by atoms with Crippen LogP contribution in [0.3, 0.4) is 0 Å². The highest BCUT2D eigenvalue weighted by molar-refractivity contribution is 7.14. The van der Waals surface area contributed by atoms with Gasteiger partial charge in [-0.3, -0.25) is 14.5 Å². The van der Waals surface area contributed by atoms with Crippen molar-refractivity contribution in [1.82, 2.24) is 9.88 Å². The van der Waals surface area contributed by atoms with E-state index >= 15 is 0 Å². The van der Waals surface area contributed by atoms with Crippen molar-refractivity contribution < 1.29 is 14.3 Å². The number of nitrogens with zero attached hydrogens (tertiary/aromatic N) is 3. The van der Waals surface area contributed by atoms with Gasteiger partial charge in [-0.2, -0.15) is 11.3 Å². The number of amides is 2. The SMILES string of the molecule is O=C(C1CN(C(=O)c2csc(-c3ccsc3)n2)c2ccccc2O1)N1CCCCC1. The van der Waals surface area contributed by atoms with Gasteiger partial charge in [-0.1, -0.05) is 12.1 Å². The summed E-state index contributed by atoms with van der Waals surface area (Å²) in [7, 11) is 0. The molecule has 0 radical (unpaired) electrons. The van der Waals surface area contributed by atoms with Crippen LogP contribution in [0.4, 0.5) is 5.69 Å². The van der Waals surface area contributed by atoms with E-state index in [-0.39, 0.29) is 18.4 Å². The van der Waals surface area contributed by atoms with Gasteiger partial charge in [0.05, 0.1) is 12.2 Å². The Hall–Kier alpha value is -2.71. The quantitative estimate of drug-likeness (QED) is 0.611. The van der Waals surface area contributed by atoms with Gasteiger partial charge in [-0.25, -0.2) is 4.98 Å². The van der Waals surface area contributed by atoms with Gasteiger partial charge >= 0.3 is 0 Å². The van der Waals surface area contributed by atoms with Crippen molar-refractivity contribution in [2.24, 2.45) is 0 Å². The molecule has 0 aliphatic carbocycles. The number of likely N-dealkylation sites (tertiary alicyclic amines) is 1. The van der Waals surface area contributed by atoms with Gasteiger partial charge in [-0.15, -0.1) is 11.3 Å². The highest BCUT2D eigenvalue weighted by Gasteiger charge is 2.37. The Bertz CT molecular complexity index is 1060. The molecule has 5 rings (SSSR count). The molecule has 3 aromatic rings. The smallest absolute Gasteiger partial charge is 0.278 e. The van der Waals surface area contributed by atoms with Crippen LogP contribution in [-0.4, -0.2) is 47.4 Å². The number of thiazole rings is 1. The molecule has 0 N–H and O–H groups in total. The third kappa shape index (κ3) is 3.61. The van der Waals surface area contributed by atoms with Gasteiger partial charge in [0.1, 0.15) is 16.5 Å². The minimum Gasteiger partial charge on any atom is -0.476 e. The maximum Gasteiger partial charge on any atom is 0.278 e. The summed E-state index contributed by atoms with van der Waals surface area (Å²) in [4.78, 5) is 34.5. The van der Waals surface area contributed by atoms with Crippen LogP contribution in [0.5, 0.6) is 5.75 Å². The van der Waals surface area contributed by atoms with Crippen LogP contribution in [0.15, 0.2) is 46.5 Å². The Morgan fingerprint density at radius 2 is 1.90 bits per heavy atom. The number of thiophene rings is 1. The molecule has 2 aromatic heterocycles. The summed E-state index contributed by atoms with van der Waals surface area (Å²) in [5, 5.41) is 6.62. The first-order valence-corrected chi connectivity index (χ1v) is 11.9. The van der Waals surface area contributed by atoms with Gasteiger partial charge < -0.3 is 9.64 Å². The molecule has 1 unspecified atom stereocenters. The summed E-state index contributed by atoms with van der Waals surface area (Å²) < 4.78 is 6.03. The van der Waals surface area contributed by atoms with Crippen LogP contribution >= 0.6 is 22.7 Å². The van der Waals surface area contributed by atoms with Crippen molar-refractivity contribution in [3.63, 3.8) is 0 Å². The number of anilines is 1. The Morgan fingerprint density at radius 3 is 2.70 bits per heavy atom. The maximum atomic E-state index is 13.4. The molecule has 0 saturated carbocycles. The topological polar surface area (TPSA) is 62.7 Å². The summed E-state index contributed by atoms with van der Waals surface area (Å²) in [5.74, 6) is 0.305. The van der Waals surface area contributed by atoms with Crippen LogP contribution in [0, 0.1) is 0 Å². The summed E-state index contributed by atoms with van der Waals surface area (Å²) >= 11 is 3.05. The molecule has 0 spiro atoms. The van der Waals surface area contributed by atoms with E-state index in [1.165, 1.54) is 11.3 Å². The van der Waals surface area contributed by atoms with E-state index in [0.717, 1.165) is 42.9 Å². The zero-order valence-corrected chi connectivity index (χ0v) is 18.0. The third-order valence-electron chi connectivity index (χ3n) is 5.45. The number of piperidine rings is 1. The second-order valence-electron chi connectivity index (χ2n) is 7.43. The molecule has 154 valence electrons. The number of fused-ring (bicyclic) bond motifs is 1. The Balaban J connectivity index is 1.43. The molecule has 1 fully saturated rings. The molecule has 1 saturated heterocycles. The molecule has 4 heterocycles. The Labute approximate surface area is 182 Å². The van der Waals surface area contributed by atoms with Crippen molar-refractivity contribution in [2.75, 3.05) is 24.5 Å². The molecule has 2 aliphatic rings. The van der Waals surface area contributed by atoms with E-state index in [2.05, 4.69) is 4.98 Å². The van der Waals surface area contributed by atoms with Crippen LogP contribution in [-0.2, 0) is 4.79 Å². The number of aromatic nitrogens is 1. The van der Waals surface area contributed by atoms with Crippen LogP contribution in [0.1, 0.15) is 29.8 Å². The number of para-hydroxylation sites is 2. The summed E-state index contributed by atoms with van der Waals surface area (Å²) in [6.45, 7) is 1.70. The fraction of sp³-hybridized carbons (Fsp3) is 0.318. The van der Waals surface area contributed by atoms with Gasteiger partial charge in [0.25, 0.3) is 11.8 Å². The standard InChI is InChI=1S/C22H21N3O3S2/c26-21(16-14-30-20(23-16)15-8-11-29-13-15)25-12-19(22(27)24-9-4-1-5-10-24)28-18-7-3-2-6-17(18)25/h2-3,6-8,11,13-14,19H,1,4-5,9-10,12H2. The van der Waals surface area contributed by atoms with Gasteiger partial charge in [0.2, 0.25) is 0 Å². The predicted octanol–water partition coefficient (Wildman–Crippen LogP) is 4.29. The van der Waals surface area contributed by atoms with Crippen molar-refractivity contribution in [2.45, 2.75) is 25.4 Å². The zero-order chi connectivity index (χ0) is 20.5. The van der Waals surface area contributed by atoms with E-state index in [0.29, 0.717) is 17.1 Å². The average Bonchev–Trinajstić information content (AvgIpc) is 3.50. The fourth-order valence-electron chi connectivity index (χ4n) is 3.90. The largest absolute Gasteiger partial charge is 0.476 e. The average molecular weight is 440 g/mol. The number of hydrogen-bond acceptors (Lipinski definition) is 6. The maximum absolute atomic E-state index is 13.4. The molecule has 2 amide bonds. The molecular formula is C22H21N3O3S2. The van der Waals surface area contributed by atoms with E-state index in [4.69, 9.17) is 4.74 Å².